The van der Waals surface area contributed by atoms with Crippen LogP contribution in [0.1, 0.15) is 136 Å². The molecule has 0 saturated carbocycles. The second-order valence-corrected chi connectivity index (χ2v) is 15.2. The van der Waals surface area contributed by atoms with E-state index in [4.69, 9.17) is 28.4 Å². The highest BCUT2D eigenvalue weighted by atomic mass is 16.7. The SMILES string of the molecule is CCCCCC/C=C\C/C=C\CCCCCCCC(=O)OC(COC(=O)CCCCCCC)COC1OC(COC2OC(CO)C(O)C(O)C2O)C(O)C(O)C1O. The van der Waals surface area contributed by atoms with Crippen LogP contribution in [-0.2, 0) is 38.0 Å². The highest BCUT2D eigenvalue weighted by molar-refractivity contribution is 5.70. The maximum absolute atomic E-state index is 12.8. The summed E-state index contributed by atoms with van der Waals surface area (Å²) in [5, 5.41) is 71.6. The van der Waals surface area contributed by atoms with Gasteiger partial charge >= 0.3 is 11.9 Å². The Hall–Kier alpha value is -2.02. The van der Waals surface area contributed by atoms with E-state index in [0.29, 0.717) is 12.8 Å². The van der Waals surface area contributed by atoms with Crippen LogP contribution in [0.25, 0.3) is 0 Å². The van der Waals surface area contributed by atoms with Gasteiger partial charge in [0.05, 0.1) is 19.8 Å². The summed E-state index contributed by atoms with van der Waals surface area (Å²) in [5.74, 6) is -0.957. The lowest BCUT2D eigenvalue weighted by Crippen LogP contribution is -2.61. The second kappa shape index (κ2) is 30.9. The van der Waals surface area contributed by atoms with Gasteiger partial charge in [-0.05, 0) is 44.9 Å². The van der Waals surface area contributed by atoms with Crippen molar-refractivity contribution in [2.75, 3.05) is 26.4 Å². The normalized spacial score (nSPS) is 28.6. The number of hydrogen-bond donors (Lipinski definition) is 7. The molecule has 0 radical (unpaired) electrons. The Balaban J connectivity index is 1.84. The summed E-state index contributed by atoms with van der Waals surface area (Å²) in [6.45, 7) is 2.42. The van der Waals surface area contributed by atoms with Crippen molar-refractivity contribution >= 4 is 11.9 Å². The van der Waals surface area contributed by atoms with Crippen LogP contribution < -0.4 is 0 Å². The molecule has 7 N–H and O–H groups in total. The molecule has 0 spiro atoms. The number of hydrogen-bond acceptors (Lipinski definition) is 15. The zero-order valence-electron chi connectivity index (χ0n) is 34.3. The smallest absolute Gasteiger partial charge is 0.306 e. The molecule has 0 aromatic heterocycles. The number of carbonyl (C=O) groups is 2. The molecule has 332 valence electrons. The molecule has 15 heteroatoms. The van der Waals surface area contributed by atoms with Crippen LogP contribution in [0.2, 0.25) is 0 Å². The Labute approximate surface area is 339 Å². The molecule has 0 aliphatic carbocycles. The first kappa shape index (κ1) is 51.1. The van der Waals surface area contributed by atoms with Gasteiger partial charge in [0.1, 0.15) is 55.4 Å². The van der Waals surface area contributed by atoms with Gasteiger partial charge < -0.3 is 64.2 Å². The number of aliphatic hydroxyl groups is 7. The predicted octanol–water partition coefficient (Wildman–Crippen LogP) is 3.65. The number of rotatable bonds is 31. The van der Waals surface area contributed by atoms with Crippen LogP contribution in [0.3, 0.4) is 0 Å². The molecular weight excluding hydrogens is 744 g/mol. The average molecular weight is 819 g/mol. The lowest BCUT2D eigenvalue weighted by Gasteiger charge is -2.42. The molecule has 2 aliphatic rings. The maximum Gasteiger partial charge on any atom is 0.306 e. The molecule has 0 aromatic rings. The van der Waals surface area contributed by atoms with Crippen molar-refractivity contribution in [3.63, 3.8) is 0 Å². The molecule has 11 unspecified atom stereocenters. The number of allylic oxidation sites excluding steroid dienone is 4. The fourth-order valence-electron chi connectivity index (χ4n) is 6.54. The van der Waals surface area contributed by atoms with Gasteiger partial charge in [0.15, 0.2) is 18.7 Å². The van der Waals surface area contributed by atoms with E-state index in [1.54, 1.807) is 0 Å². The molecule has 15 nitrogen and oxygen atoms in total. The van der Waals surface area contributed by atoms with Crippen LogP contribution in [0.15, 0.2) is 24.3 Å². The van der Waals surface area contributed by atoms with Crippen molar-refractivity contribution in [2.24, 2.45) is 0 Å². The summed E-state index contributed by atoms with van der Waals surface area (Å²) < 4.78 is 33.2. The highest BCUT2D eigenvalue weighted by Gasteiger charge is 2.47. The molecule has 11 atom stereocenters. The van der Waals surface area contributed by atoms with E-state index in [2.05, 4.69) is 38.2 Å². The van der Waals surface area contributed by atoms with Gasteiger partial charge in [0.25, 0.3) is 0 Å². The van der Waals surface area contributed by atoms with Gasteiger partial charge in [0, 0.05) is 12.8 Å². The molecule has 2 rings (SSSR count). The van der Waals surface area contributed by atoms with Gasteiger partial charge in [-0.2, -0.15) is 0 Å². The summed E-state index contributed by atoms with van der Waals surface area (Å²) in [7, 11) is 0. The molecule has 0 amide bonds. The zero-order chi connectivity index (χ0) is 41.8. The minimum Gasteiger partial charge on any atom is -0.462 e. The Bertz CT molecular complexity index is 1100. The van der Waals surface area contributed by atoms with E-state index in [9.17, 15) is 45.3 Å². The fraction of sp³-hybridized carbons (Fsp3) is 0.857. The quantitative estimate of drug-likeness (QED) is 0.0301. The van der Waals surface area contributed by atoms with Crippen molar-refractivity contribution in [2.45, 2.75) is 203 Å². The molecule has 2 saturated heterocycles. The van der Waals surface area contributed by atoms with Crippen molar-refractivity contribution < 1.29 is 73.8 Å². The second-order valence-electron chi connectivity index (χ2n) is 15.2. The Morgan fingerprint density at radius 1 is 0.561 bits per heavy atom. The monoisotopic (exact) mass is 819 g/mol. The fourth-order valence-corrected chi connectivity index (χ4v) is 6.54. The van der Waals surface area contributed by atoms with Crippen LogP contribution in [-0.4, -0.2) is 142 Å². The van der Waals surface area contributed by atoms with Gasteiger partial charge in [-0.15, -0.1) is 0 Å². The number of aliphatic hydroxyl groups excluding tert-OH is 7. The number of esters is 2. The first-order valence-corrected chi connectivity index (χ1v) is 21.4. The van der Waals surface area contributed by atoms with E-state index < -0.39 is 92.7 Å². The van der Waals surface area contributed by atoms with Crippen molar-refractivity contribution in [3.05, 3.63) is 24.3 Å². The summed E-state index contributed by atoms with van der Waals surface area (Å²) in [6.07, 6.45) is 9.95. The van der Waals surface area contributed by atoms with Crippen molar-refractivity contribution in [3.8, 4) is 0 Å². The lowest BCUT2D eigenvalue weighted by atomic mass is 9.98. The molecule has 0 bridgehead atoms. The number of unbranched alkanes of at least 4 members (excludes halogenated alkanes) is 13. The maximum atomic E-state index is 12.8. The topological polar surface area (TPSA) is 231 Å². The van der Waals surface area contributed by atoms with Crippen LogP contribution in [0, 0.1) is 0 Å². The van der Waals surface area contributed by atoms with E-state index >= 15 is 0 Å². The predicted molar refractivity (Wildman–Crippen MR) is 211 cm³/mol. The number of carbonyl (C=O) groups excluding carboxylic acids is 2. The summed E-state index contributed by atoms with van der Waals surface area (Å²) in [6, 6.07) is 0. The van der Waals surface area contributed by atoms with Gasteiger partial charge in [-0.25, -0.2) is 0 Å². The Morgan fingerprint density at radius 2 is 1.05 bits per heavy atom. The molecular formula is C42H74O15. The standard InChI is InChI=1S/C42H74O15/c1-3-5-7-9-10-11-12-13-14-15-16-17-18-19-21-23-25-34(45)55-30(27-52-33(44)24-22-20-8-6-4-2)28-53-41-40(51)38(49)36(47)32(57-41)29-54-42-39(50)37(48)35(46)31(26-43)56-42/h11-12,14-15,30-32,35-43,46-51H,3-10,13,16-29H2,1-2H3/b12-11-,15-14-. The minimum atomic E-state index is -1.76. The molecule has 2 heterocycles. The summed E-state index contributed by atoms with van der Waals surface area (Å²) in [5.41, 5.74) is 0. The van der Waals surface area contributed by atoms with Crippen LogP contribution in [0.4, 0.5) is 0 Å². The van der Waals surface area contributed by atoms with Crippen molar-refractivity contribution in [1.29, 1.82) is 0 Å². The third kappa shape index (κ3) is 20.7. The largest absolute Gasteiger partial charge is 0.462 e. The van der Waals surface area contributed by atoms with Crippen molar-refractivity contribution in [1.82, 2.24) is 0 Å². The first-order valence-electron chi connectivity index (χ1n) is 21.4. The molecule has 2 fully saturated rings. The highest BCUT2D eigenvalue weighted by Crippen LogP contribution is 2.26. The van der Waals surface area contributed by atoms with E-state index in [0.717, 1.165) is 70.6 Å². The number of ether oxygens (including phenoxy) is 6. The first-order chi connectivity index (χ1) is 27.5. The van der Waals surface area contributed by atoms with Crippen LogP contribution in [0.5, 0.6) is 0 Å². The average Bonchev–Trinajstić information content (AvgIpc) is 3.20. The lowest BCUT2D eigenvalue weighted by molar-refractivity contribution is -0.332. The van der Waals surface area contributed by atoms with Gasteiger partial charge in [-0.3, -0.25) is 9.59 Å². The molecule has 0 aromatic carbocycles. The van der Waals surface area contributed by atoms with E-state index in [-0.39, 0.29) is 26.1 Å². The zero-order valence-corrected chi connectivity index (χ0v) is 34.3. The Kier molecular flexibility index (Phi) is 27.7. The molecule has 57 heavy (non-hydrogen) atoms. The minimum absolute atomic E-state index is 0.150. The third-order valence-corrected chi connectivity index (χ3v) is 10.2. The Morgan fingerprint density at radius 3 is 1.65 bits per heavy atom. The van der Waals surface area contributed by atoms with Crippen LogP contribution >= 0.6 is 0 Å². The van der Waals surface area contributed by atoms with E-state index in [1.807, 2.05) is 0 Å². The van der Waals surface area contributed by atoms with Gasteiger partial charge in [-0.1, -0.05) is 102 Å². The van der Waals surface area contributed by atoms with Gasteiger partial charge in [0.2, 0.25) is 0 Å². The summed E-state index contributed by atoms with van der Waals surface area (Å²) in [4.78, 5) is 25.3. The third-order valence-electron chi connectivity index (χ3n) is 10.2. The van der Waals surface area contributed by atoms with E-state index in [1.165, 1.54) is 25.7 Å². The summed E-state index contributed by atoms with van der Waals surface area (Å²) >= 11 is 0. The molecule has 2 aliphatic heterocycles.